The van der Waals surface area contributed by atoms with Gasteiger partial charge in [-0.25, -0.2) is 4.98 Å². The predicted molar refractivity (Wildman–Crippen MR) is 86.5 cm³/mol. The number of amides is 1. The van der Waals surface area contributed by atoms with E-state index >= 15 is 0 Å². The molecule has 0 bridgehead atoms. The molecule has 4 heteroatoms. The lowest BCUT2D eigenvalue weighted by Crippen LogP contribution is -2.40. The lowest BCUT2D eigenvalue weighted by molar-refractivity contribution is 0.0666. The maximum absolute atomic E-state index is 12.5. The third-order valence-corrected chi connectivity index (χ3v) is 4.34. The highest BCUT2D eigenvalue weighted by Crippen LogP contribution is 2.27. The summed E-state index contributed by atoms with van der Waals surface area (Å²) in [7, 11) is 1.91. The van der Waals surface area contributed by atoms with E-state index < -0.39 is 0 Å². The fourth-order valence-electron chi connectivity index (χ4n) is 2.99. The number of carbonyl (C=O) groups excluding carboxylic acids is 1. The van der Waals surface area contributed by atoms with Gasteiger partial charge in [-0.05, 0) is 37.3 Å². The molecule has 1 fully saturated rings. The summed E-state index contributed by atoms with van der Waals surface area (Å²) >= 11 is 0. The van der Waals surface area contributed by atoms with E-state index in [0.717, 1.165) is 31.5 Å². The molecule has 116 valence electrons. The first kappa shape index (κ1) is 15.8. The molecule has 1 saturated carbocycles. The van der Waals surface area contributed by atoms with Crippen LogP contribution in [0.4, 0.5) is 5.69 Å². The van der Waals surface area contributed by atoms with Crippen LogP contribution in [0, 0.1) is 5.92 Å². The van der Waals surface area contributed by atoms with Crippen molar-refractivity contribution in [3.63, 3.8) is 0 Å². The number of carbonyl (C=O) groups is 1. The van der Waals surface area contributed by atoms with E-state index in [2.05, 4.69) is 24.1 Å². The van der Waals surface area contributed by atoms with Crippen LogP contribution < -0.4 is 5.32 Å². The highest BCUT2D eigenvalue weighted by atomic mass is 16.2. The molecular weight excluding hydrogens is 262 g/mol. The molecule has 2 rings (SSSR count). The van der Waals surface area contributed by atoms with Crippen LogP contribution in [0.1, 0.15) is 56.4 Å². The first-order valence-corrected chi connectivity index (χ1v) is 8.09. The molecule has 21 heavy (non-hydrogen) atoms. The Bertz CT molecular complexity index is 458. The highest BCUT2D eigenvalue weighted by molar-refractivity contribution is 5.92. The Morgan fingerprint density at radius 1 is 1.43 bits per heavy atom. The second kappa shape index (κ2) is 7.43. The summed E-state index contributed by atoms with van der Waals surface area (Å²) in [5.74, 6) is 0.753. The number of nitrogens with one attached hydrogen (secondary N) is 1. The molecule has 0 radical (unpaired) electrons. The maximum Gasteiger partial charge on any atom is 0.272 e. The van der Waals surface area contributed by atoms with Crippen molar-refractivity contribution in [2.24, 2.45) is 5.92 Å². The molecule has 1 aromatic heterocycles. The number of hydrogen-bond acceptors (Lipinski definition) is 3. The number of hydrogen-bond donors (Lipinski definition) is 1. The first-order valence-electron chi connectivity index (χ1n) is 8.09. The summed E-state index contributed by atoms with van der Waals surface area (Å²) in [4.78, 5) is 18.7. The van der Waals surface area contributed by atoms with E-state index in [0.29, 0.717) is 17.7 Å². The number of rotatable bonds is 5. The van der Waals surface area contributed by atoms with Gasteiger partial charge in [0.25, 0.3) is 5.91 Å². The fourth-order valence-corrected chi connectivity index (χ4v) is 2.99. The summed E-state index contributed by atoms with van der Waals surface area (Å²) < 4.78 is 0. The summed E-state index contributed by atoms with van der Waals surface area (Å²) in [6.07, 6.45) is 7.55. The zero-order chi connectivity index (χ0) is 15.2. The van der Waals surface area contributed by atoms with Crippen molar-refractivity contribution < 1.29 is 4.79 Å². The number of nitrogens with zero attached hydrogens (tertiary/aromatic N) is 2. The minimum absolute atomic E-state index is 0.0381. The Morgan fingerprint density at radius 3 is 2.86 bits per heavy atom. The van der Waals surface area contributed by atoms with Gasteiger partial charge in [0, 0.05) is 19.6 Å². The lowest BCUT2D eigenvalue weighted by Gasteiger charge is -2.34. The van der Waals surface area contributed by atoms with E-state index in [-0.39, 0.29) is 5.91 Å². The first-order chi connectivity index (χ1) is 10.1. The molecule has 0 aromatic carbocycles. The van der Waals surface area contributed by atoms with Crippen LogP contribution >= 0.6 is 0 Å². The number of anilines is 1. The second-order valence-electron chi connectivity index (χ2n) is 6.20. The van der Waals surface area contributed by atoms with Crippen molar-refractivity contribution in [1.29, 1.82) is 0 Å². The van der Waals surface area contributed by atoms with Crippen LogP contribution in [0.15, 0.2) is 18.3 Å². The summed E-state index contributed by atoms with van der Waals surface area (Å²) in [5, 5.41) is 3.27. The summed E-state index contributed by atoms with van der Waals surface area (Å²) in [5.41, 5.74) is 1.51. The van der Waals surface area contributed by atoms with Gasteiger partial charge in [-0.15, -0.1) is 0 Å². The van der Waals surface area contributed by atoms with Crippen LogP contribution in [0.5, 0.6) is 0 Å². The summed E-state index contributed by atoms with van der Waals surface area (Å²) in [6.45, 7) is 5.32. The van der Waals surface area contributed by atoms with E-state index in [9.17, 15) is 4.79 Å². The molecule has 1 amide bonds. The van der Waals surface area contributed by atoms with E-state index in [4.69, 9.17) is 0 Å². The van der Waals surface area contributed by atoms with Crippen molar-refractivity contribution in [2.45, 2.75) is 52.0 Å². The average molecular weight is 289 g/mol. The zero-order valence-electron chi connectivity index (χ0n) is 13.4. The Balaban J connectivity index is 1.98. The van der Waals surface area contributed by atoms with Crippen LogP contribution in [0.25, 0.3) is 0 Å². The largest absolute Gasteiger partial charge is 0.384 e. The Labute approximate surface area is 127 Å². The van der Waals surface area contributed by atoms with Crippen molar-refractivity contribution in [3.8, 4) is 0 Å². The Hall–Kier alpha value is -1.58. The van der Waals surface area contributed by atoms with Crippen LogP contribution in [-0.2, 0) is 0 Å². The predicted octanol–water partition coefficient (Wildman–Crippen LogP) is 3.55. The topological polar surface area (TPSA) is 45.2 Å². The third kappa shape index (κ3) is 4.19. The SMILES string of the molecule is CCCNc1ccc(C(=O)N(C)C2CCCC(C)C2)nc1. The van der Waals surface area contributed by atoms with E-state index in [1.54, 1.807) is 6.20 Å². The fraction of sp³-hybridized carbons (Fsp3) is 0.647. The third-order valence-electron chi connectivity index (χ3n) is 4.34. The van der Waals surface area contributed by atoms with Gasteiger partial charge in [0.05, 0.1) is 11.9 Å². The molecule has 1 heterocycles. The average Bonchev–Trinajstić information content (AvgIpc) is 2.52. The number of aromatic nitrogens is 1. The normalized spacial score (nSPS) is 21.9. The molecule has 0 saturated heterocycles. The smallest absolute Gasteiger partial charge is 0.272 e. The Kier molecular flexibility index (Phi) is 5.59. The standard InChI is InChI=1S/C17H27N3O/c1-4-10-18-14-8-9-16(19-12-14)17(21)20(3)15-7-5-6-13(2)11-15/h8-9,12-13,15,18H,4-7,10-11H2,1-3H3. The monoisotopic (exact) mass is 289 g/mol. The van der Waals surface area contributed by atoms with Gasteiger partial charge in [-0.1, -0.05) is 26.7 Å². The molecule has 2 unspecified atom stereocenters. The van der Waals surface area contributed by atoms with Crippen molar-refractivity contribution in [1.82, 2.24) is 9.88 Å². The lowest BCUT2D eigenvalue weighted by atomic mass is 9.86. The van der Waals surface area contributed by atoms with Gasteiger partial charge in [0.2, 0.25) is 0 Å². The van der Waals surface area contributed by atoms with Gasteiger partial charge >= 0.3 is 0 Å². The maximum atomic E-state index is 12.5. The van der Waals surface area contributed by atoms with Gasteiger partial charge < -0.3 is 10.2 Å². The molecule has 4 nitrogen and oxygen atoms in total. The van der Waals surface area contributed by atoms with Crippen molar-refractivity contribution >= 4 is 11.6 Å². The van der Waals surface area contributed by atoms with E-state index in [1.165, 1.54) is 12.8 Å². The van der Waals surface area contributed by atoms with Crippen LogP contribution in [0.2, 0.25) is 0 Å². The zero-order valence-corrected chi connectivity index (χ0v) is 13.4. The van der Waals surface area contributed by atoms with Crippen LogP contribution in [0.3, 0.4) is 0 Å². The van der Waals surface area contributed by atoms with Crippen LogP contribution in [-0.4, -0.2) is 35.4 Å². The number of pyridine rings is 1. The molecule has 1 aliphatic carbocycles. The van der Waals surface area contributed by atoms with Gasteiger partial charge in [-0.2, -0.15) is 0 Å². The minimum Gasteiger partial charge on any atom is -0.384 e. The molecular formula is C17H27N3O. The highest BCUT2D eigenvalue weighted by Gasteiger charge is 2.26. The molecule has 0 aliphatic heterocycles. The van der Waals surface area contributed by atoms with Gasteiger partial charge in [0.15, 0.2) is 0 Å². The summed E-state index contributed by atoms with van der Waals surface area (Å²) in [6, 6.07) is 4.12. The molecule has 1 aromatic rings. The van der Waals surface area contributed by atoms with Crippen molar-refractivity contribution in [2.75, 3.05) is 18.9 Å². The van der Waals surface area contributed by atoms with Gasteiger partial charge in [-0.3, -0.25) is 4.79 Å². The molecule has 1 N–H and O–H groups in total. The van der Waals surface area contributed by atoms with Gasteiger partial charge in [0.1, 0.15) is 5.69 Å². The molecule has 0 spiro atoms. The van der Waals surface area contributed by atoms with Crippen molar-refractivity contribution in [3.05, 3.63) is 24.0 Å². The second-order valence-corrected chi connectivity index (χ2v) is 6.20. The minimum atomic E-state index is 0.0381. The van der Waals surface area contributed by atoms with E-state index in [1.807, 2.05) is 24.1 Å². The molecule has 1 aliphatic rings. The quantitative estimate of drug-likeness (QED) is 0.901. The molecule has 2 atom stereocenters. The Morgan fingerprint density at radius 2 is 2.24 bits per heavy atom.